The van der Waals surface area contributed by atoms with Crippen molar-refractivity contribution in [2.24, 2.45) is 0 Å². The van der Waals surface area contributed by atoms with Gasteiger partial charge in [-0.15, -0.1) is 0 Å². The average Bonchev–Trinajstić information content (AvgIpc) is 2.84. The van der Waals surface area contributed by atoms with Crippen LogP contribution in [0.4, 0.5) is 5.69 Å². The summed E-state index contributed by atoms with van der Waals surface area (Å²) in [5.41, 5.74) is 2.80. The van der Waals surface area contributed by atoms with E-state index in [-0.39, 0.29) is 11.7 Å². The molecule has 0 aliphatic heterocycles. The molecule has 1 amide bonds. The van der Waals surface area contributed by atoms with E-state index in [1.165, 1.54) is 0 Å². The smallest absolute Gasteiger partial charge is 0.255 e. The van der Waals surface area contributed by atoms with Crippen molar-refractivity contribution >= 4 is 29.0 Å². The number of hydrogen-bond donors (Lipinski definition) is 1. The number of carbonyl (C=O) groups excluding carboxylic acids is 2. The van der Waals surface area contributed by atoms with Crippen molar-refractivity contribution in [1.29, 1.82) is 0 Å². The van der Waals surface area contributed by atoms with Gasteiger partial charge in [-0.1, -0.05) is 72.3 Å². The third-order valence-corrected chi connectivity index (χ3v) is 5.29. The molecule has 0 aliphatic carbocycles. The molecule has 4 aromatic carbocycles. The van der Waals surface area contributed by atoms with Gasteiger partial charge >= 0.3 is 0 Å². The highest BCUT2D eigenvalue weighted by atomic mass is 35.5. The molecule has 32 heavy (non-hydrogen) atoms. The maximum absolute atomic E-state index is 12.9. The molecular formula is C27H20ClNO3. The molecule has 0 spiro atoms. The summed E-state index contributed by atoms with van der Waals surface area (Å²) in [6, 6.07) is 30.3. The predicted octanol–water partition coefficient (Wildman–Crippen LogP) is 6.40. The maximum Gasteiger partial charge on any atom is 0.255 e. The highest BCUT2D eigenvalue weighted by Gasteiger charge is 2.15. The van der Waals surface area contributed by atoms with E-state index in [4.69, 9.17) is 16.3 Å². The number of nitrogens with one attached hydrogen (secondary N) is 1. The van der Waals surface area contributed by atoms with Crippen LogP contribution >= 0.6 is 11.6 Å². The highest BCUT2D eigenvalue weighted by molar-refractivity contribution is 6.31. The Hall–Kier alpha value is -3.89. The standard InChI is InChI=1S/C27H20ClNO3/c28-24-12-6-4-10-21(24)18-32-22-16-14-20(15-17-22)27(31)29-25-13-7-5-11-23(25)26(30)19-8-2-1-3-9-19/h1-17H,18H2,(H,29,31). The summed E-state index contributed by atoms with van der Waals surface area (Å²) in [7, 11) is 0. The fourth-order valence-electron chi connectivity index (χ4n) is 3.21. The van der Waals surface area contributed by atoms with Crippen LogP contribution in [-0.2, 0) is 6.61 Å². The molecule has 0 atom stereocenters. The zero-order valence-electron chi connectivity index (χ0n) is 17.1. The van der Waals surface area contributed by atoms with Gasteiger partial charge in [0, 0.05) is 27.3 Å². The number of rotatable bonds is 7. The van der Waals surface area contributed by atoms with Crippen LogP contribution in [0.1, 0.15) is 31.8 Å². The van der Waals surface area contributed by atoms with E-state index in [1.54, 1.807) is 60.7 Å². The van der Waals surface area contributed by atoms with Gasteiger partial charge in [0.1, 0.15) is 12.4 Å². The van der Waals surface area contributed by atoms with Gasteiger partial charge in [-0.25, -0.2) is 0 Å². The summed E-state index contributed by atoms with van der Waals surface area (Å²) in [5.74, 6) is 0.168. The number of ketones is 1. The first kappa shape index (κ1) is 21.3. The van der Waals surface area contributed by atoms with Gasteiger partial charge in [-0.2, -0.15) is 0 Å². The lowest BCUT2D eigenvalue weighted by Gasteiger charge is -2.11. The number of carbonyl (C=O) groups is 2. The van der Waals surface area contributed by atoms with Crippen LogP contribution < -0.4 is 10.1 Å². The molecule has 0 saturated carbocycles. The van der Waals surface area contributed by atoms with Crippen LogP contribution in [0.2, 0.25) is 5.02 Å². The second kappa shape index (κ2) is 9.94. The van der Waals surface area contributed by atoms with Gasteiger partial charge in [0.05, 0.1) is 5.69 Å². The van der Waals surface area contributed by atoms with Gasteiger partial charge in [-0.3, -0.25) is 9.59 Å². The van der Waals surface area contributed by atoms with Gasteiger partial charge in [0.2, 0.25) is 0 Å². The maximum atomic E-state index is 12.9. The molecule has 0 saturated heterocycles. The number of anilines is 1. The third kappa shape index (κ3) is 5.05. The second-order valence-electron chi connectivity index (χ2n) is 7.10. The lowest BCUT2D eigenvalue weighted by molar-refractivity contribution is 0.102. The molecule has 4 aromatic rings. The minimum atomic E-state index is -0.309. The Balaban J connectivity index is 1.44. The lowest BCUT2D eigenvalue weighted by atomic mass is 10.0. The van der Waals surface area contributed by atoms with Crippen molar-refractivity contribution in [3.8, 4) is 5.75 Å². The van der Waals surface area contributed by atoms with Gasteiger partial charge in [0.25, 0.3) is 5.91 Å². The number of ether oxygens (including phenoxy) is 1. The van der Waals surface area contributed by atoms with E-state index < -0.39 is 0 Å². The normalized spacial score (nSPS) is 10.4. The minimum Gasteiger partial charge on any atom is -0.489 e. The lowest BCUT2D eigenvalue weighted by Crippen LogP contribution is -2.15. The molecule has 0 heterocycles. The quantitative estimate of drug-likeness (QED) is 0.337. The van der Waals surface area contributed by atoms with Crippen LogP contribution in [0.15, 0.2) is 103 Å². The SMILES string of the molecule is O=C(Nc1ccccc1C(=O)c1ccccc1)c1ccc(OCc2ccccc2Cl)cc1. The third-order valence-electron chi connectivity index (χ3n) is 4.92. The Morgan fingerprint density at radius 1 is 0.719 bits per heavy atom. The highest BCUT2D eigenvalue weighted by Crippen LogP contribution is 2.22. The Morgan fingerprint density at radius 3 is 2.12 bits per heavy atom. The number of halogens is 1. The van der Waals surface area contributed by atoms with E-state index in [9.17, 15) is 9.59 Å². The minimum absolute atomic E-state index is 0.148. The predicted molar refractivity (Wildman–Crippen MR) is 126 cm³/mol. The van der Waals surface area contributed by atoms with Gasteiger partial charge in [0.15, 0.2) is 5.78 Å². The van der Waals surface area contributed by atoms with E-state index in [1.807, 2.05) is 42.5 Å². The van der Waals surface area contributed by atoms with E-state index >= 15 is 0 Å². The van der Waals surface area contributed by atoms with Gasteiger partial charge in [-0.05, 0) is 42.5 Å². The Labute approximate surface area is 191 Å². The fourth-order valence-corrected chi connectivity index (χ4v) is 3.40. The zero-order chi connectivity index (χ0) is 22.3. The number of benzene rings is 4. The molecule has 0 radical (unpaired) electrons. The first-order chi connectivity index (χ1) is 15.6. The van der Waals surface area contributed by atoms with Gasteiger partial charge < -0.3 is 10.1 Å². The number of para-hydroxylation sites is 1. The van der Waals surface area contributed by atoms with Crippen molar-refractivity contribution in [2.45, 2.75) is 6.61 Å². The largest absolute Gasteiger partial charge is 0.489 e. The summed E-state index contributed by atoms with van der Waals surface area (Å²) in [4.78, 5) is 25.6. The van der Waals surface area contributed by atoms with Crippen molar-refractivity contribution in [2.75, 3.05) is 5.32 Å². The number of hydrogen-bond acceptors (Lipinski definition) is 3. The molecule has 4 rings (SSSR count). The average molecular weight is 442 g/mol. The summed E-state index contributed by atoms with van der Waals surface area (Å²) < 4.78 is 5.76. The van der Waals surface area contributed by atoms with E-state index in [2.05, 4.69) is 5.32 Å². The van der Waals surface area contributed by atoms with Crippen LogP contribution in [0.3, 0.4) is 0 Å². The molecule has 158 valence electrons. The molecule has 0 aromatic heterocycles. The van der Waals surface area contributed by atoms with Crippen molar-refractivity contribution in [3.05, 3.63) is 130 Å². The molecule has 5 heteroatoms. The summed E-state index contributed by atoms with van der Waals surface area (Å²) in [6.07, 6.45) is 0. The summed E-state index contributed by atoms with van der Waals surface area (Å²) in [5, 5.41) is 3.49. The fraction of sp³-hybridized carbons (Fsp3) is 0.0370. The van der Waals surface area contributed by atoms with Crippen LogP contribution in [0, 0.1) is 0 Å². The molecule has 0 fully saturated rings. The summed E-state index contributed by atoms with van der Waals surface area (Å²) >= 11 is 6.15. The Bertz CT molecular complexity index is 1240. The second-order valence-corrected chi connectivity index (χ2v) is 7.51. The first-order valence-electron chi connectivity index (χ1n) is 10.1. The molecule has 0 bridgehead atoms. The van der Waals surface area contributed by atoms with Crippen molar-refractivity contribution in [3.63, 3.8) is 0 Å². The van der Waals surface area contributed by atoms with E-state index in [0.29, 0.717) is 39.8 Å². The Morgan fingerprint density at radius 2 is 1.38 bits per heavy atom. The first-order valence-corrected chi connectivity index (χ1v) is 10.5. The van der Waals surface area contributed by atoms with Crippen LogP contribution in [0.25, 0.3) is 0 Å². The zero-order valence-corrected chi connectivity index (χ0v) is 17.9. The Kier molecular flexibility index (Phi) is 6.63. The molecule has 1 N–H and O–H groups in total. The van der Waals surface area contributed by atoms with Crippen molar-refractivity contribution < 1.29 is 14.3 Å². The molecule has 4 nitrogen and oxygen atoms in total. The van der Waals surface area contributed by atoms with E-state index in [0.717, 1.165) is 5.56 Å². The van der Waals surface area contributed by atoms with Crippen molar-refractivity contribution in [1.82, 2.24) is 0 Å². The monoisotopic (exact) mass is 441 g/mol. The van der Waals surface area contributed by atoms with Crippen LogP contribution in [-0.4, -0.2) is 11.7 Å². The molecular weight excluding hydrogens is 422 g/mol. The summed E-state index contributed by atoms with van der Waals surface area (Å²) in [6.45, 7) is 0.334. The van der Waals surface area contributed by atoms with Crippen LogP contribution in [0.5, 0.6) is 5.75 Å². The number of amides is 1. The molecule has 0 aliphatic rings. The topological polar surface area (TPSA) is 55.4 Å². The molecule has 0 unspecified atom stereocenters.